The molecule has 30 rings (SSSR count). The molecule has 0 radical (unpaired) electrons. The summed E-state index contributed by atoms with van der Waals surface area (Å²) in [5.74, 6) is 10.7. The molecule has 3 aromatic heterocycles. The molecule has 0 unspecified atom stereocenters. The summed E-state index contributed by atoms with van der Waals surface area (Å²) in [7, 11) is 0. The van der Waals surface area contributed by atoms with Crippen LogP contribution in [0.3, 0.4) is 0 Å². The Morgan fingerprint density at radius 2 is 0.467 bits per heavy atom. The Bertz CT molecular complexity index is 6090. The van der Waals surface area contributed by atoms with Gasteiger partial charge in [-0.3, -0.25) is 0 Å². The van der Waals surface area contributed by atoms with Crippen LogP contribution in [0.1, 0.15) is 213 Å². The summed E-state index contributed by atoms with van der Waals surface area (Å²) in [5, 5.41) is 7.70. The second-order valence-electron chi connectivity index (χ2n) is 35.4. The van der Waals surface area contributed by atoms with Crippen LogP contribution in [0.2, 0.25) is 0 Å². The Labute approximate surface area is 758 Å². The summed E-state index contributed by atoms with van der Waals surface area (Å²) in [6.45, 7) is 24.0. The number of aromatic nitrogens is 3. The monoisotopic (exact) mass is 2080 g/mol. The van der Waals surface area contributed by atoms with Gasteiger partial charge in [0, 0.05) is 79.4 Å². The van der Waals surface area contributed by atoms with Gasteiger partial charge in [-0.15, -0.1) is 33.1 Å². The van der Waals surface area contributed by atoms with Crippen LogP contribution in [0.25, 0.3) is 132 Å². The molecule has 15 aromatic rings. The number of nitrogens with zero attached hydrogens (tertiary/aromatic N) is 3. The van der Waals surface area contributed by atoms with Gasteiger partial charge in [-0.25, -0.2) is 0 Å². The standard InChI is InChI=1S/3C34H28N.6C2H6.3W/c1-3-11-28-26(7-1)32-24(25-10-6-14-31-33(25)27-8-2-4-13-30(27)35-31)9-5-12-29(32)34(28)22-16-20-15-21(18-22)19-23(34)17-20;1-3-9-29-26(6-1)27-13-12-22(25-8-5-11-32-33(25)28-7-2-4-10-31(28)35-32)19-30(27)34(29)23-15-20-14-21(17-23)18-24(34)16-20;1-3-9-29-26(6-1)28-19-22(25-8-5-11-32-33(25)27-7-2-4-10-31(27)35-32)12-13-30(28)34(29)23-15-20-14-21(17-23)18-24(34)16-20;6*1-2;;;/h1-14,20-23H,15-19H2;2*1-13,19-21,23-24H,14-18H2;6*1-2H3;;;/q3*-1;;;;;;;;;. The first-order valence-electron chi connectivity index (χ1n) is 46.5. The minimum Gasteiger partial charge on any atom is -0.657 e. The van der Waals surface area contributed by atoms with Crippen molar-refractivity contribution in [3.63, 3.8) is 0 Å². The summed E-state index contributed by atoms with van der Waals surface area (Å²) in [4.78, 5) is 14.9. The number of rotatable bonds is 3. The van der Waals surface area contributed by atoms with Crippen LogP contribution in [0.5, 0.6) is 0 Å². The maximum Gasteiger partial charge on any atom is 0.0272 e. The van der Waals surface area contributed by atoms with Crippen molar-refractivity contribution >= 4 is 65.4 Å². The Balaban J connectivity index is 0.000000125. The van der Waals surface area contributed by atoms with Crippen LogP contribution >= 0.6 is 0 Å². The van der Waals surface area contributed by atoms with Crippen molar-refractivity contribution in [2.75, 3.05) is 0 Å². The van der Waals surface area contributed by atoms with Crippen molar-refractivity contribution in [2.45, 2.75) is 196 Å². The molecule has 612 valence electrons. The molecule has 12 fully saturated rings. The predicted molar refractivity (Wildman–Crippen MR) is 499 cm³/mol. The average Bonchev–Trinajstić information content (AvgIpc) is 1.50. The molecule has 3 spiro atoms. The van der Waals surface area contributed by atoms with Crippen molar-refractivity contribution < 1.29 is 63.2 Å². The second-order valence-corrected chi connectivity index (χ2v) is 35.4. The molecule has 0 aliphatic heterocycles. The SMILES string of the molecule is CC.CC.CC.CC.CC.CC.[W].[W].[W].c1ccc2c(c1)-c1c(-c3cccc4[n-]c5ccccc5c34)cccc1C21C2CC3CC(C2)CC1C3.c1ccc2c(c1)-c1cc(-c3cccc4[n-]c5ccccc5c34)ccc1C21C2CC3CC(C2)CC1C3.c1ccc2c(c1)-c1ccc(-c3cccc4[n-]c5ccccc5c34)cc1C21C2CC3CC(C2)CC1C3. The van der Waals surface area contributed by atoms with Crippen LogP contribution in [0, 0.1) is 71.0 Å². The minimum atomic E-state index is 0. The van der Waals surface area contributed by atoms with Crippen molar-refractivity contribution in [2.24, 2.45) is 71.0 Å². The maximum atomic E-state index is 4.98. The number of hydrogen-bond acceptors (Lipinski definition) is 0. The van der Waals surface area contributed by atoms with E-state index >= 15 is 0 Å². The van der Waals surface area contributed by atoms with Crippen LogP contribution in [-0.2, 0) is 79.4 Å². The second kappa shape index (κ2) is 35.0. The third-order valence-electron chi connectivity index (χ3n) is 31.0. The normalized spacial score (nSPS) is 26.4. The van der Waals surface area contributed by atoms with Crippen LogP contribution in [0.15, 0.2) is 255 Å². The first kappa shape index (κ1) is 85.7. The first-order valence-corrected chi connectivity index (χ1v) is 46.5. The van der Waals surface area contributed by atoms with E-state index in [-0.39, 0.29) is 79.4 Å². The summed E-state index contributed by atoms with van der Waals surface area (Å²) in [6.07, 6.45) is 21.7. The molecule has 3 heterocycles. The van der Waals surface area contributed by atoms with Crippen molar-refractivity contribution in [1.29, 1.82) is 0 Å². The number of benzene rings is 12. The van der Waals surface area contributed by atoms with Gasteiger partial charge in [0.15, 0.2) is 0 Å². The van der Waals surface area contributed by atoms with E-state index in [0.717, 1.165) is 104 Å². The molecule has 12 aromatic carbocycles. The zero-order valence-corrected chi connectivity index (χ0v) is 81.7. The van der Waals surface area contributed by atoms with Gasteiger partial charge >= 0.3 is 0 Å². The Hall–Kier alpha value is -7.90. The first-order chi connectivity index (χ1) is 57.9. The van der Waals surface area contributed by atoms with Gasteiger partial charge in [0.05, 0.1) is 0 Å². The fraction of sp³-hybridized carbons (Fsp3) is 0.368. The number of hydrogen-bond donors (Lipinski definition) is 0. The molecule has 12 saturated carbocycles. The Morgan fingerprint density at radius 3 is 0.892 bits per heavy atom. The number of fused-ring (bicyclic) bond motifs is 18. The molecule has 0 N–H and O–H groups in total. The van der Waals surface area contributed by atoms with Crippen LogP contribution in [0.4, 0.5) is 0 Å². The summed E-state index contributed by atoms with van der Waals surface area (Å²) in [6, 6.07) is 96.2. The molecule has 0 amide bonds. The molecule has 0 atom stereocenters. The maximum absolute atomic E-state index is 4.98. The average molecular weight is 2080 g/mol. The van der Waals surface area contributed by atoms with Crippen molar-refractivity contribution in [3.05, 3.63) is 288 Å². The van der Waals surface area contributed by atoms with Crippen LogP contribution in [-0.4, -0.2) is 0 Å². The van der Waals surface area contributed by atoms with Crippen molar-refractivity contribution in [3.8, 4) is 66.8 Å². The van der Waals surface area contributed by atoms with E-state index in [1.807, 2.05) is 83.1 Å². The Kier molecular flexibility index (Phi) is 25.0. The quantitative estimate of drug-likeness (QED) is 0.177. The summed E-state index contributed by atoms with van der Waals surface area (Å²) < 4.78 is 0. The number of para-hydroxylation sites is 3. The van der Waals surface area contributed by atoms with E-state index in [1.165, 1.54) is 195 Å². The minimum absolute atomic E-state index is 0. The van der Waals surface area contributed by atoms with Gasteiger partial charge in [0.2, 0.25) is 0 Å². The van der Waals surface area contributed by atoms with E-state index in [0.29, 0.717) is 0 Å². The third-order valence-corrected chi connectivity index (χ3v) is 31.0. The Morgan fingerprint density at radius 1 is 0.200 bits per heavy atom. The topological polar surface area (TPSA) is 42.3 Å². The molecule has 6 heteroatoms. The molecule has 120 heavy (non-hydrogen) atoms. The zero-order valence-electron chi connectivity index (χ0n) is 72.8. The molecule has 0 saturated heterocycles. The smallest absolute Gasteiger partial charge is 0.0272 e. The van der Waals surface area contributed by atoms with Gasteiger partial charge in [0.1, 0.15) is 0 Å². The van der Waals surface area contributed by atoms with E-state index in [4.69, 9.17) is 15.0 Å². The molecule has 3 nitrogen and oxygen atoms in total. The van der Waals surface area contributed by atoms with Crippen LogP contribution < -0.4 is 15.0 Å². The van der Waals surface area contributed by atoms with E-state index in [2.05, 4.69) is 255 Å². The molecular weight excluding hydrogens is 1960 g/mol. The summed E-state index contributed by atoms with van der Waals surface area (Å²) >= 11 is 0. The fourth-order valence-corrected chi connectivity index (χ4v) is 28.3. The van der Waals surface area contributed by atoms with E-state index < -0.39 is 0 Å². The van der Waals surface area contributed by atoms with Gasteiger partial charge in [-0.2, -0.15) is 0 Å². The van der Waals surface area contributed by atoms with E-state index in [1.54, 1.807) is 33.4 Å². The van der Waals surface area contributed by atoms with Gasteiger partial charge < -0.3 is 15.0 Å². The summed E-state index contributed by atoms with van der Waals surface area (Å²) in [5.41, 5.74) is 34.1. The van der Waals surface area contributed by atoms with Crippen molar-refractivity contribution in [1.82, 2.24) is 15.0 Å². The molecular formula is C114H120N3W3-3. The zero-order chi connectivity index (χ0) is 80.2. The largest absolute Gasteiger partial charge is 0.657 e. The molecule has 15 aliphatic carbocycles. The van der Waals surface area contributed by atoms with Gasteiger partial charge in [-0.05, 0) is 312 Å². The van der Waals surface area contributed by atoms with E-state index in [9.17, 15) is 0 Å². The molecule has 15 aliphatic rings. The third kappa shape index (κ3) is 12.8. The van der Waals surface area contributed by atoms with Gasteiger partial charge in [0.25, 0.3) is 0 Å². The predicted octanol–water partition coefficient (Wildman–Crippen LogP) is 31.2. The van der Waals surface area contributed by atoms with Gasteiger partial charge in [-0.1, -0.05) is 326 Å². The molecule has 12 bridgehead atoms. The fourth-order valence-electron chi connectivity index (χ4n) is 28.3.